The topological polar surface area (TPSA) is 52.1 Å². The highest BCUT2D eigenvalue weighted by atomic mass is 16.3. The zero-order valence-corrected chi connectivity index (χ0v) is 24.6. The molecule has 0 atom stereocenters. The van der Waals surface area contributed by atoms with Crippen LogP contribution in [0.1, 0.15) is 0 Å². The molecule has 0 fully saturated rings. The van der Waals surface area contributed by atoms with Crippen LogP contribution in [0.5, 0.6) is 0 Å². The van der Waals surface area contributed by atoms with Gasteiger partial charge in [0.25, 0.3) is 0 Å². The van der Waals surface area contributed by atoms with E-state index in [4.69, 9.17) is 18.8 Å². The van der Waals surface area contributed by atoms with E-state index in [0.717, 1.165) is 77.0 Å². The molecule has 0 radical (unpaired) electrons. The number of hydrogen-bond acceptors (Lipinski definition) is 4. The minimum Gasteiger partial charge on any atom is -0.456 e. The summed E-state index contributed by atoms with van der Waals surface area (Å²) >= 11 is 0. The molecule has 3 heterocycles. The predicted molar refractivity (Wildman–Crippen MR) is 188 cm³/mol. The summed E-state index contributed by atoms with van der Waals surface area (Å²) in [7, 11) is 0. The first-order valence-corrected chi connectivity index (χ1v) is 15.4. The summed E-state index contributed by atoms with van der Waals surface area (Å²) in [5.41, 5.74) is 9.49. The second kappa shape index (κ2) is 9.62. The molecule has 4 heteroatoms. The van der Waals surface area contributed by atoms with Gasteiger partial charge in [-0.2, -0.15) is 0 Å². The number of fused-ring (bicyclic) bond motifs is 9. The predicted octanol–water partition coefficient (Wildman–Crippen LogP) is 11.6. The molecule has 0 aliphatic heterocycles. The van der Waals surface area contributed by atoms with Gasteiger partial charge in [-0.1, -0.05) is 97.1 Å². The van der Waals surface area contributed by atoms with Crippen LogP contribution in [-0.2, 0) is 0 Å². The fraction of sp³-hybridized carbons (Fsp3) is 0. The molecule has 0 amide bonds. The minimum atomic E-state index is 0.665. The second-order valence-electron chi connectivity index (χ2n) is 11.7. The van der Waals surface area contributed by atoms with Crippen molar-refractivity contribution in [3.63, 3.8) is 0 Å². The van der Waals surface area contributed by atoms with Crippen molar-refractivity contribution in [1.82, 2.24) is 9.97 Å². The average molecular weight is 589 g/mol. The lowest BCUT2D eigenvalue weighted by Crippen LogP contribution is -1.95. The summed E-state index contributed by atoms with van der Waals surface area (Å²) in [5, 5.41) is 7.59. The molecule has 0 N–H and O–H groups in total. The van der Waals surface area contributed by atoms with Crippen LogP contribution in [0, 0.1) is 0 Å². The molecule has 0 saturated carbocycles. The number of nitrogens with zero attached hydrogens (tertiary/aromatic N) is 2. The molecular formula is C42H24N2O2. The Hall–Kier alpha value is -6.26. The Kier molecular flexibility index (Phi) is 5.25. The highest BCUT2D eigenvalue weighted by molar-refractivity contribution is 6.19. The number of aromatic nitrogens is 2. The summed E-state index contributed by atoms with van der Waals surface area (Å²) in [5.74, 6) is 0.665. The summed E-state index contributed by atoms with van der Waals surface area (Å²) in [6.45, 7) is 0. The van der Waals surface area contributed by atoms with Crippen molar-refractivity contribution in [2.75, 3.05) is 0 Å². The first-order valence-electron chi connectivity index (χ1n) is 15.4. The summed E-state index contributed by atoms with van der Waals surface area (Å²) in [6, 6.07) is 50.2. The van der Waals surface area contributed by atoms with E-state index in [9.17, 15) is 0 Å². The van der Waals surface area contributed by atoms with Crippen molar-refractivity contribution in [3.8, 4) is 33.8 Å². The van der Waals surface area contributed by atoms with Crippen LogP contribution in [0.2, 0.25) is 0 Å². The normalized spacial score (nSPS) is 11.9. The Morgan fingerprint density at radius 1 is 0.370 bits per heavy atom. The smallest absolute Gasteiger partial charge is 0.160 e. The Morgan fingerprint density at radius 2 is 1.07 bits per heavy atom. The van der Waals surface area contributed by atoms with Crippen molar-refractivity contribution in [1.29, 1.82) is 0 Å². The molecule has 0 aliphatic carbocycles. The van der Waals surface area contributed by atoms with Gasteiger partial charge in [0.15, 0.2) is 5.82 Å². The van der Waals surface area contributed by atoms with Gasteiger partial charge in [-0.05, 0) is 65.0 Å². The third kappa shape index (κ3) is 3.74. The van der Waals surface area contributed by atoms with Gasteiger partial charge in [0, 0.05) is 43.4 Å². The average Bonchev–Trinajstić information content (AvgIpc) is 3.69. The van der Waals surface area contributed by atoms with Crippen molar-refractivity contribution in [3.05, 3.63) is 146 Å². The van der Waals surface area contributed by atoms with E-state index < -0.39 is 0 Å². The molecule has 0 bridgehead atoms. The van der Waals surface area contributed by atoms with E-state index in [1.54, 1.807) is 0 Å². The van der Waals surface area contributed by atoms with Crippen LogP contribution >= 0.6 is 0 Å². The van der Waals surface area contributed by atoms with E-state index in [2.05, 4.69) is 103 Å². The highest BCUT2D eigenvalue weighted by Gasteiger charge is 2.18. The van der Waals surface area contributed by atoms with Crippen LogP contribution < -0.4 is 0 Å². The highest BCUT2D eigenvalue weighted by Crippen LogP contribution is 2.41. The molecule has 7 aromatic carbocycles. The molecule has 10 rings (SSSR count). The zero-order chi connectivity index (χ0) is 30.2. The van der Waals surface area contributed by atoms with Crippen LogP contribution in [0.25, 0.3) is 99.3 Å². The lowest BCUT2D eigenvalue weighted by atomic mass is 9.95. The summed E-state index contributed by atoms with van der Waals surface area (Å²) in [6.07, 6.45) is 0. The van der Waals surface area contributed by atoms with Gasteiger partial charge in [0.1, 0.15) is 22.3 Å². The molecule has 0 spiro atoms. The van der Waals surface area contributed by atoms with E-state index >= 15 is 0 Å². The van der Waals surface area contributed by atoms with Crippen LogP contribution in [-0.4, -0.2) is 9.97 Å². The lowest BCUT2D eigenvalue weighted by Gasteiger charge is -2.10. The second-order valence-corrected chi connectivity index (χ2v) is 11.7. The monoisotopic (exact) mass is 588 g/mol. The van der Waals surface area contributed by atoms with Crippen molar-refractivity contribution in [2.45, 2.75) is 0 Å². The summed E-state index contributed by atoms with van der Waals surface area (Å²) in [4.78, 5) is 10.3. The van der Waals surface area contributed by atoms with E-state index in [-0.39, 0.29) is 0 Å². The zero-order valence-electron chi connectivity index (χ0n) is 24.6. The quantitative estimate of drug-likeness (QED) is 0.206. The Labute approximate surface area is 263 Å². The fourth-order valence-electron chi connectivity index (χ4n) is 6.89. The molecule has 0 aliphatic rings. The van der Waals surface area contributed by atoms with Crippen LogP contribution in [0.15, 0.2) is 154 Å². The number of benzene rings is 7. The number of rotatable bonds is 3. The fourth-order valence-corrected chi connectivity index (χ4v) is 6.89. The first-order chi connectivity index (χ1) is 22.8. The molecule has 4 nitrogen and oxygen atoms in total. The molecule has 0 unspecified atom stereocenters. The molecule has 46 heavy (non-hydrogen) atoms. The molecule has 10 aromatic rings. The van der Waals surface area contributed by atoms with E-state index in [1.165, 1.54) is 16.5 Å². The van der Waals surface area contributed by atoms with Gasteiger partial charge >= 0.3 is 0 Å². The van der Waals surface area contributed by atoms with Gasteiger partial charge < -0.3 is 8.83 Å². The van der Waals surface area contributed by atoms with Crippen LogP contribution in [0.3, 0.4) is 0 Å². The largest absolute Gasteiger partial charge is 0.456 e. The Morgan fingerprint density at radius 3 is 1.96 bits per heavy atom. The molecule has 214 valence electrons. The summed E-state index contributed by atoms with van der Waals surface area (Å²) < 4.78 is 12.8. The lowest BCUT2D eigenvalue weighted by molar-refractivity contribution is 0.669. The van der Waals surface area contributed by atoms with Gasteiger partial charge in [0.2, 0.25) is 0 Å². The van der Waals surface area contributed by atoms with Gasteiger partial charge in [-0.25, -0.2) is 9.97 Å². The maximum atomic E-state index is 6.53. The van der Waals surface area contributed by atoms with E-state index in [1.807, 2.05) is 42.5 Å². The number of hydrogen-bond donors (Lipinski definition) is 0. The standard InChI is InChI=1S/C42H24N2O2/c1-2-10-25(11-3-1)33-24-35-34-22-27(19-21-38(34)46-41(35)31-14-5-4-12-28(31)33)42-43-36-16-8-6-15-32(36)40(44-42)26-18-20-30-29-13-7-9-17-37(29)45-39(30)23-26/h1-24H. The number of para-hydroxylation sites is 2. The molecule has 3 aromatic heterocycles. The van der Waals surface area contributed by atoms with Crippen molar-refractivity contribution in [2.24, 2.45) is 0 Å². The first kappa shape index (κ1) is 25.1. The van der Waals surface area contributed by atoms with Gasteiger partial charge in [0.05, 0.1) is 11.2 Å². The maximum absolute atomic E-state index is 6.53. The Balaban J connectivity index is 1.19. The maximum Gasteiger partial charge on any atom is 0.160 e. The Bertz CT molecular complexity index is 2810. The van der Waals surface area contributed by atoms with Gasteiger partial charge in [-0.3, -0.25) is 0 Å². The van der Waals surface area contributed by atoms with Crippen LogP contribution in [0.4, 0.5) is 0 Å². The van der Waals surface area contributed by atoms with E-state index in [0.29, 0.717) is 5.82 Å². The third-order valence-corrected chi connectivity index (χ3v) is 9.08. The van der Waals surface area contributed by atoms with Crippen molar-refractivity contribution >= 4 is 65.6 Å². The number of furan rings is 2. The third-order valence-electron chi connectivity index (χ3n) is 9.08. The minimum absolute atomic E-state index is 0.665. The molecular weight excluding hydrogens is 564 g/mol. The SMILES string of the molecule is c1ccc(-c2cc3c4cc(-c5nc(-c6ccc7c(c6)oc6ccccc67)c6ccccc6n5)ccc4oc3c3ccccc23)cc1. The van der Waals surface area contributed by atoms with Crippen molar-refractivity contribution < 1.29 is 8.83 Å². The van der Waals surface area contributed by atoms with Gasteiger partial charge in [-0.15, -0.1) is 0 Å². The molecule has 0 saturated heterocycles.